The number of carboxylic acid groups (broad SMARTS) is 1. The molecule has 1 amide bonds. The van der Waals surface area contributed by atoms with E-state index in [1.54, 1.807) is 26.5 Å². The van der Waals surface area contributed by atoms with Crippen molar-refractivity contribution in [3.8, 4) is 17.2 Å². The van der Waals surface area contributed by atoms with Gasteiger partial charge >= 0.3 is 6.09 Å². The summed E-state index contributed by atoms with van der Waals surface area (Å²) < 4.78 is 17.0. The first-order valence-corrected chi connectivity index (χ1v) is 10.3. The van der Waals surface area contributed by atoms with Crippen molar-refractivity contribution in [2.24, 2.45) is 0 Å². The Hall–Kier alpha value is -3.93. The van der Waals surface area contributed by atoms with Gasteiger partial charge in [0, 0.05) is 6.20 Å². The lowest BCUT2D eigenvalue weighted by Crippen LogP contribution is -2.32. The molecule has 3 aromatic rings. The lowest BCUT2D eigenvalue weighted by molar-refractivity contribution is 0.147. The summed E-state index contributed by atoms with van der Waals surface area (Å²) in [5, 5.41) is 9.80. The Morgan fingerprint density at radius 1 is 0.938 bits per heavy atom. The van der Waals surface area contributed by atoms with Gasteiger partial charge in [0.25, 0.3) is 0 Å². The number of fused-ring (bicyclic) bond motifs is 1. The van der Waals surface area contributed by atoms with E-state index < -0.39 is 12.1 Å². The van der Waals surface area contributed by atoms with E-state index in [4.69, 9.17) is 14.2 Å². The van der Waals surface area contributed by atoms with Crippen molar-refractivity contribution >= 4 is 12.2 Å². The molecule has 1 heterocycles. The average Bonchev–Trinajstić information content (AvgIpc) is 2.83. The maximum atomic E-state index is 12.0. The number of methoxy groups -OCH3 is 2. The fourth-order valence-electron chi connectivity index (χ4n) is 3.87. The van der Waals surface area contributed by atoms with E-state index in [-0.39, 0.29) is 0 Å². The molecule has 0 radical (unpaired) electrons. The second kappa shape index (κ2) is 9.47. The summed E-state index contributed by atoms with van der Waals surface area (Å²) >= 11 is 0. The zero-order valence-electron chi connectivity index (χ0n) is 18.0. The third-order valence-electron chi connectivity index (χ3n) is 5.50. The smallest absolute Gasteiger partial charge is 0.411 e. The quantitative estimate of drug-likeness (QED) is 0.533. The monoisotopic (exact) mass is 431 g/mol. The number of hydrogen-bond donors (Lipinski definition) is 1. The molecule has 0 bridgehead atoms. The summed E-state index contributed by atoms with van der Waals surface area (Å²) in [4.78, 5) is 13.3. The largest absolute Gasteiger partial charge is 0.497 e. The van der Waals surface area contributed by atoms with Gasteiger partial charge in [0.15, 0.2) is 11.5 Å². The predicted octanol–water partition coefficient (Wildman–Crippen LogP) is 5.53. The molecule has 1 unspecified atom stereocenters. The number of hydrogen-bond acceptors (Lipinski definition) is 4. The first-order chi connectivity index (χ1) is 15.6. The Bertz CT molecular complexity index is 1130. The standard InChI is InChI=1S/C26H25NO5/c1-30-21-10-6-9-19(13-21)14-23-22-16-24(31-2)25(32-17-18-7-4-3-5-8-18)15-20(22)11-12-27(23)26(28)29/h3-13,15-16,23H,14,17H2,1-2H3,(H,28,29). The fraction of sp³-hybridized carbons (Fsp3) is 0.192. The number of rotatable bonds is 7. The Balaban J connectivity index is 1.67. The van der Waals surface area contributed by atoms with Crippen molar-refractivity contribution in [2.75, 3.05) is 14.2 Å². The van der Waals surface area contributed by atoms with Crippen LogP contribution in [0.2, 0.25) is 0 Å². The molecule has 1 atom stereocenters. The van der Waals surface area contributed by atoms with Crippen LogP contribution in [0.3, 0.4) is 0 Å². The lowest BCUT2D eigenvalue weighted by Gasteiger charge is -2.32. The van der Waals surface area contributed by atoms with Crippen molar-refractivity contribution in [3.05, 3.63) is 95.2 Å². The Labute approximate surface area is 187 Å². The average molecular weight is 431 g/mol. The first kappa shape index (κ1) is 21.3. The highest BCUT2D eigenvalue weighted by atomic mass is 16.5. The molecule has 1 aliphatic rings. The molecule has 32 heavy (non-hydrogen) atoms. The minimum Gasteiger partial charge on any atom is -0.497 e. The maximum Gasteiger partial charge on any atom is 0.411 e. The minimum atomic E-state index is -1.01. The number of ether oxygens (including phenoxy) is 3. The summed E-state index contributed by atoms with van der Waals surface area (Å²) in [5.41, 5.74) is 3.79. The van der Waals surface area contributed by atoms with Crippen LogP contribution in [0.4, 0.5) is 4.79 Å². The van der Waals surface area contributed by atoms with E-state index in [9.17, 15) is 9.90 Å². The molecule has 1 aliphatic heterocycles. The second-order valence-corrected chi connectivity index (χ2v) is 7.48. The van der Waals surface area contributed by atoms with Crippen molar-refractivity contribution in [3.63, 3.8) is 0 Å². The SMILES string of the molecule is COc1cccc(CC2c3cc(OC)c(OCc4ccccc4)cc3C=CN2C(=O)O)c1. The van der Waals surface area contributed by atoms with Crippen LogP contribution in [-0.4, -0.2) is 30.3 Å². The molecular formula is C26H25NO5. The zero-order valence-corrected chi connectivity index (χ0v) is 18.0. The van der Waals surface area contributed by atoms with Crippen LogP contribution in [-0.2, 0) is 13.0 Å². The molecule has 1 N–H and O–H groups in total. The Morgan fingerprint density at radius 2 is 1.72 bits per heavy atom. The van der Waals surface area contributed by atoms with E-state index in [1.807, 2.05) is 66.7 Å². The van der Waals surface area contributed by atoms with Crippen LogP contribution in [0.1, 0.15) is 28.3 Å². The van der Waals surface area contributed by atoms with Crippen molar-refractivity contribution in [1.82, 2.24) is 4.90 Å². The lowest BCUT2D eigenvalue weighted by atomic mass is 9.91. The molecule has 164 valence electrons. The molecule has 0 aliphatic carbocycles. The van der Waals surface area contributed by atoms with Crippen LogP contribution >= 0.6 is 0 Å². The number of carbonyl (C=O) groups is 1. The van der Waals surface area contributed by atoms with Crippen LogP contribution in [0.15, 0.2) is 72.9 Å². The van der Waals surface area contributed by atoms with Gasteiger partial charge in [-0.2, -0.15) is 0 Å². The number of benzene rings is 3. The Morgan fingerprint density at radius 3 is 2.44 bits per heavy atom. The van der Waals surface area contributed by atoms with Crippen molar-refractivity contribution in [2.45, 2.75) is 19.1 Å². The summed E-state index contributed by atoms with van der Waals surface area (Å²) in [6, 6.07) is 20.9. The van der Waals surface area contributed by atoms with Gasteiger partial charge < -0.3 is 19.3 Å². The normalized spacial score (nSPS) is 14.6. The summed E-state index contributed by atoms with van der Waals surface area (Å²) in [6.07, 6.45) is 2.88. The maximum absolute atomic E-state index is 12.0. The first-order valence-electron chi connectivity index (χ1n) is 10.3. The fourth-order valence-corrected chi connectivity index (χ4v) is 3.87. The van der Waals surface area contributed by atoms with Gasteiger partial charge in [-0.25, -0.2) is 4.79 Å². The molecule has 0 saturated heterocycles. The summed E-state index contributed by atoms with van der Waals surface area (Å²) in [7, 11) is 3.20. The molecule has 0 saturated carbocycles. The Kier molecular flexibility index (Phi) is 6.31. The van der Waals surface area contributed by atoms with Gasteiger partial charge in [-0.05, 0) is 59.0 Å². The van der Waals surface area contributed by atoms with E-state index in [0.29, 0.717) is 24.5 Å². The highest BCUT2D eigenvalue weighted by Gasteiger charge is 2.30. The topological polar surface area (TPSA) is 68.2 Å². The van der Waals surface area contributed by atoms with Crippen LogP contribution in [0.5, 0.6) is 17.2 Å². The molecule has 6 nitrogen and oxygen atoms in total. The van der Waals surface area contributed by atoms with E-state index in [1.165, 1.54) is 4.90 Å². The van der Waals surface area contributed by atoms with E-state index in [0.717, 1.165) is 28.0 Å². The van der Waals surface area contributed by atoms with E-state index >= 15 is 0 Å². The molecule has 0 aromatic heterocycles. The zero-order chi connectivity index (χ0) is 22.5. The van der Waals surface area contributed by atoms with Gasteiger partial charge in [0.05, 0.1) is 20.3 Å². The summed E-state index contributed by atoms with van der Waals surface area (Å²) in [6.45, 7) is 0.411. The number of nitrogens with zero attached hydrogens (tertiary/aromatic N) is 1. The summed E-state index contributed by atoms with van der Waals surface area (Å²) in [5.74, 6) is 1.91. The highest BCUT2D eigenvalue weighted by Crippen LogP contribution is 2.40. The number of amides is 1. The van der Waals surface area contributed by atoms with Crippen molar-refractivity contribution < 1.29 is 24.1 Å². The minimum absolute atomic E-state index is 0.406. The van der Waals surface area contributed by atoms with Gasteiger partial charge in [0.1, 0.15) is 12.4 Å². The highest BCUT2D eigenvalue weighted by molar-refractivity contribution is 5.73. The van der Waals surface area contributed by atoms with Crippen LogP contribution in [0, 0.1) is 0 Å². The van der Waals surface area contributed by atoms with Gasteiger partial charge in [0.2, 0.25) is 0 Å². The molecule has 0 spiro atoms. The van der Waals surface area contributed by atoms with Gasteiger partial charge in [-0.3, -0.25) is 4.90 Å². The molecule has 6 heteroatoms. The van der Waals surface area contributed by atoms with Gasteiger partial charge in [-0.1, -0.05) is 42.5 Å². The third kappa shape index (κ3) is 4.54. The predicted molar refractivity (Wildman–Crippen MR) is 122 cm³/mol. The third-order valence-corrected chi connectivity index (χ3v) is 5.50. The van der Waals surface area contributed by atoms with Crippen LogP contribution < -0.4 is 14.2 Å². The van der Waals surface area contributed by atoms with E-state index in [2.05, 4.69) is 0 Å². The molecule has 0 fully saturated rings. The molecular weight excluding hydrogens is 406 g/mol. The molecule has 4 rings (SSSR count). The molecule has 3 aromatic carbocycles. The van der Waals surface area contributed by atoms with Gasteiger partial charge in [-0.15, -0.1) is 0 Å². The second-order valence-electron chi connectivity index (χ2n) is 7.48. The van der Waals surface area contributed by atoms with Crippen LogP contribution in [0.25, 0.3) is 6.08 Å². The van der Waals surface area contributed by atoms with Crippen molar-refractivity contribution in [1.29, 1.82) is 0 Å².